The van der Waals surface area contributed by atoms with E-state index in [-0.39, 0.29) is 0 Å². The van der Waals surface area contributed by atoms with Crippen molar-refractivity contribution in [3.05, 3.63) is 39.3 Å². The summed E-state index contributed by atoms with van der Waals surface area (Å²) >= 11 is 7.21. The molecule has 3 nitrogen and oxygen atoms in total. The molecule has 0 saturated carbocycles. The second-order valence-electron chi connectivity index (χ2n) is 3.12. The highest BCUT2D eigenvalue weighted by Crippen LogP contribution is 2.30. The molecule has 0 aromatic carbocycles. The molecule has 15 heavy (non-hydrogen) atoms. The second kappa shape index (κ2) is 4.35. The van der Waals surface area contributed by atoms with E-state index in [4.69, 9.17) is 11.6 Å². The first-order valence-corrected chi connectivity index (χ1v) is 5.87. The van der Waals surface area contributed by atoms with Crippen molar-refractivity contribution in [2.75, 3.05) is 0 Å². The SMILES string of the molecule is CCn1nccc1C(O)c1ccc(Cl)s1. The van der Waals surface area contributed by atoms with E-state index in [9.17, 15) is 5.11 Å². The molecule has 0 aliphatic heterocycles. The summed E-state index contributed by atoms with van der Waals surface area (Å²) in [6, 6.07) is 5.45. The van der Waals surface area contributed by atoms with Crippen LogP contribution < -0.4 is 0 Å². The molecule has 2 heterocycles. The number of aromatic nitrogens is 2. The molecule has 0 saturated heterocycles. The predicted molar refractivity (Wildman–Crippen MR) is 61.3 cm³/mol. The molecule has 1 atom stereocenters. The maximum absolute atomic E-state index is 10.1. The van der Waals surface area contributed by atoms with E-state index in [1.807, 2.05) is 19.1 Å². The molecular weight excluding hydrogens is 232 g/mol. The van der Waals surface area contributed by atoms with Gasteiger partial charge in [-0.2, -0.15) is 5.10 Å². The van der Waals surface area contributed by atoms with Crippen molar-refractivity contribution in [1.82, 2.24) is 9.78 Å². The van der Waals surface area contributed by atoms with Crippen molar-refractivity contribution >= 4 is 22.9 Å². The van der Waals surface area contributed by atoms with Gasteiger partial charge in [0.2, 0.25) is 0 Å². The van der Waals surface area contributed by atoms with Crippen LogP contribution in [0.4, 0.5) is 0 Å². The van der Waals surface area contributed by atoms with E-state index < -0.39 is 6.10 Å². The fourth-order valence-electron chi connectivity index (χ4n) is 1.46. The van der Waals surface area contributed by atoms with Crippen LogP contribution in [0.25, 0.3) is 0 Å². The average Bonchev–Trinajstić information content (AvgIpc) is 2.84. The Balaban J connectivity index is 2.31. The Morgan fingerprint density at radius 1 is 1.53 bits per heavy atom. The lowest BCUT2D eigenvalue weighted by atomic mass is 10.2. The van der Waals surface area contributed by atoms with Gasteiger partial charge in [-0.15, -0.1) is 11.3 Å². The van der Waals surface area contributed by atoms with Crippen LogP contribution in [0.3, 0.4) is 0 Å². The summed E-state index contributed by atoms with van der Waals surface area (Å²) in [7, 11) is 0. The number of rotatable bonds is 3. The third-order valence-electron chi connectivity index (χ3n) is 2.19. The molecule has 0 amide bonds. The highest BCUT2D eigenvalue weighted by atomic mass is 35.5. The molecule has 80 valence electrons. The molecule has 1 N–H and O–H groups in total. The number of hydrogen-bond donors (Lipinski definition) is 1. The van der Waals surface area contributed by atoms with Gasteiger partial charge in [0.25, 0.3) is 0 Å². The molecule has 0 fully saturated rings. The normalized spacial score (nSPS) is 13.0. The smallest absolute Gasteiger partial charge is 0.130 e. The summed E-state index contributed by atoms with van der Waals surface area (Å²) in [5.41, 5.74) is 0.802. The molecule has 0 aliphatic carbocycles. The number of thiophene rings is 1. The summed E-state index contributed by atoms with van der Waals surface area (Å²) in [6.07, 6.45) is 1.06. The number of halogens is 1. The Kier molecular flexibility index (Phi) is 3.09. The summed E-state index contributed by atoms with van der Waals surface area (Å²) in [6.45, 7) is 2.74. The van der Waals surface area contributed by atoms with Gasteiger partial charge in [-0.1, -0.05) is 11.6 Å². The highest BCUT2D eigenvalue weighted by molar-refractivity contribution is 7.16. The van der Waals surface area contributed by atoms with Gasteiger partial charge in [0.05, 0.1) is 10.0 Å². The number of aryl methyl sites for hydroxylation is 1. The number of aliphatic hydroxyl groups is 1. The zero-order valence-corrected chi connectivity index (χ0v) is 9.79. The van der Waals surface area contributed by atoms with E-state index in [0.29, 0.717) is 4.34 Å². The van der Waals surface area contributed by atoms with Crippen LogP contribution in [0.1, 0.15) is 23.6 Å². The maximum atomic E-state index is 10.1. The van der Waals surface area contributed by atoms with Crippen LogP contribution in [0.15, 0.2) is 24.4 Å². The van der Waals surface area contributed by atoms with Crippen LogP contribution in [0.5, 0.6) is 0 Å². The topological polar surface area (TPSA) is 38.0 Å². The Labute approximate surface area is 96.9 Å². The van der Waals surface area contributed by atoms with Gasteiger partial charge in [-0.25, -0.2) is 0 Å². The van der Waals surface area contributed by atoms with Gasteiger partial charge >= 0.3 is 0 Å². The van der Waals surface area contributed by atoms with Crippen LogP contribution in [-0.4, -0.2) is 14.9 Å². The van der Waals surface area contributed by atoms with Gasteiger partial charge in [0.1, 0.15) is 6.10 Å². The van der Waals surface area contributed by atoms with Gasteiger partial charge in [-0.3, -0.25) is 4.68 Å². The van der Waals surface area contributed by atoms with Crippen molar-refractivity contribution in [3.63, 3.8) is 0 Å². The zero-order valence-electron chi connectivity index (χ0n) is 8.22. The summed E-state index contributed by atoms with van der Waals surface area (Å²) in [4.78, 5) is 0.843. The predicted octanol–water partition coefficient (Wildman–Crippen LogP) is 2.70. The molecule has 2 rings (SSSR count). The van der Waals surface area contributed by atoms with E-state index in [1.165, 1.54) is 11.3 Å². The molecule has 0 bridgehead atoms. The third-order valence-corrected chi connectivity index (χ3v) is 3.48. The molecule has 0 aliphatic rings. The van der Waals surface area contributed by atoms with E-state index in [1.54, 1.807) is 16.9 Å². The quantitative estimate of drug-likeness (QED) is 0.899. The van der Waals surface area contributed by atoms with Crippen molar-refractivity contribution < 1.29 is 5.11 Å². The molecule has 0 spiro atoms. The number of aliphatic hydroxyl groups excluding tert-OH is 1. The Morgan fingerprint density at radius 3 is 2.93 bits per heavy atom. The Bertz CT molecular complexity index is 452. The fourth-order valence-corrected chi connectivity index (χ4v) is 2.52. The standard InChI is InChI=1S/C10H11ClN2OS/c1-2-13-7(5-6-12-13)10(14)8-3-4-9(11)15-8/h3-6,10,14H,2H2,1H3. The van der Waals surface area contributed by atoms with Crippen LogP contribution in [0, 0.1) is 0 Å². The van der Waals surface area contributed by atoms with Crippen LogP contribution in [-0.2, 0) is 6.54 Å². The maximum Gasteiger partial charge on any atom is 0.130 e. The minimum absolute atomic E-state index is 0.634. The number of hydrogen-bond acceptors (Lipinski definition) is 3. The van der Waals surface area contributed by atoms with E-state index in [2.05, 4.69) is 5.10 Å². The van der Waals surface area contributed by atoms with Crippen LogP contribution >= 0.6 is 22.9 Å². The molecular formula is C10H11ClN2OS. The van der Waals surface area contributed by atoms with Crippen LogP contribution in [0.2, 0.25) is 4.34 Å². The first-order valence-electron chi connectivity index (χ1n) is 4.67. The monoisotopic (exact) mass is 242 g/mol. The molecule has 5 heteroatoms. The first kappa shape index (κ1) is 10.7. The average molecular weight is 243 g/mol. The molecule has 2 aromatic rings. The lowest BCUT2D eigenvalue weighted by Crippen LogP contribution is -2.07. The van der Waals surface area contributed by atoms with E-state index >= 15 is 0 Å². The minimum Gasteiger partial charge on any atom is -0.381 e. The van der Waals surface area contributed by atoms with Crippen molar-refractivity contribution in [2.45, 2.75) is 19.6 Å². The highest BCUT2D eigenvalue weighted by Gasteiger charge is 2.16. The van der Waals surface area contributed by atoms with Gasteiger partial charge in [0, 0.05) is 17.6 Å². The van der Waals surface area contributed by atoms with Crippen molar-refractivity contribution in [1.29, 1.82) is 0 Å². The fraction of sp³-hybridized carbons (Fsp3) is 0.300. The zero-order chi connectivity index (χ0) is 10.8. The molecule has 0 radical (unpaired) electrons. The largest absolute Gasteiger partial charge is 0.381 e. The lowest BCUT2D eigenvalue weighted by Gasteiger charge is -2.10. The van der Waals surface area contributed by atoms with Crippen molar-refractivity contribution in [3.8, 4) is 0 Å². The molecule has 2 aromatic heterocycles. The molecule has 1 unspecified atom stereocenters. The third kappa shape index (κ3) is 2.07. The number of nitrogens with zero attached hydrogens (tertiary/aromatic N) is 2. The van der Waals surface area contributed by atoms with Crippen molar-refractivity contribution in [2.24, 2.45) is 0 Å². The van der Waals surface area contributed by atoms with Gasteiger partial charge in [-0.05, 0) is 25.1 Å². The lowest BCUT2D eigenvalue weighted by molar-refractivity contribution is 0.212. The Morgan fingerprint density at radius 2 is 2.33 bits per heavy atom. The van der Waals surface area contributed by atoms with Gasteiger partial charge < -0.3 is 5.11 Å². The summed E-state index contributed by atoms with van der Waals surface area (Å²) in [5, 5.41) is 14.2. The minimum atomic E-state index is -0.634. The Hall–Kier alpha value is -0.840. The second-order valence-corrected chi connectivity index (χ2v) is 4.86. The van der Waals surface area contributed by atoms with Gasteiger partial charge in [0.15, 0.2) is 0 Å². The van der Waals surface area contributed by atoms with E-state index in [0.717, 1.165) is 17.1 Å². The summed E-state index contributed by atoms with van der Waals surface area (Å²) in [5.74, 6) is 0. The summed E-state index contributed by atoms with van der Waals surface area (Å²) < 4.78 is 2.46. The first-order chi connectivity index (χ1) is 7.22.